The Morgan fingerprint density at radius 1 is 1.24 bits per heavy atom. The Kier molecular flexibility index (Phi) is 5.67. The Morgan fingerprint density at radius 3 is 2.52 bits per heavy atom. The quantitative estimate of drug-likeness (QED) is 0.836. The van der Waals surface area contributed by atoms with Crippen LogP contribution in [-0.4, -0.2) is 46.5 Å². The summed E-state index contributed by atoms with van der Waals surface area (Å²) >= 11 is 2.04. The van der Waals surface area contributed by atoms with Crippen LogP contribution < -0.4 is 5.32 Å². The highest BCUT2D eigenvalue weighted by atomic mass is 32.2. The van der Waals surface area contributed by atoms with Gasteiger partial charge in [0.15, 0.2) is 0 Å². The highest BCUT2D eigenvalue weighted by Crippen LogP contribution is 2.43. The first-order valence-electron chi connectivity index (χ1n) is 8.42. The van der Waals surface area contributed by atoms with Crippen molar-refractivity contribution in [2.75, 3.05) is 24.7 Å². The maximum Gasteiger partial charge on any atom is 0.0702 e. The second-order valence-corrected chi connectivity index (χ2v) is 9.34. The Balaban J connectivity index is 1.89. The zero-order valence-corrected chi connectivity index (χ0v) is 15.0. The van der Waals surface area contributed by atoms with E-state index in [4.69, 9.17) is 4.74 Å². The molecule has 2 aliphatic heterocycles. The van der Waals surface area contributed by atoms with Gasteiger partial charge in [-0.2, -0.15) is 11.8 Å². The van der Waals surface area contributed by atoms with Crippen molar-refractivity contribution >= 4 is 11.8 Å². The van der Waals surface area contributed by atoms with Crippen molar-refractivity contribution in [2.45, 2.75) is 76.5 Å². The molecule has 2 fully saturated rings. The van der Waals surface area contributed by atoms with Gasteiger partial charge in [-0.3, -0.25) is 0 Å². The zero-order valence-electron chi connectivity index (χ0n) is 14.2. The molecule has 0 radical (unpaired) electrons. The lowest BCUT2D eigenvalue weighted by Gasteiger charge is -2.47. The van der Waals surface area contributed by atoms with Crippen LogP contribution >= 0.6 is 11.8 Å². The van der Waals surface area contributed by atoms with Crippen LogP contribution in [-0.2, 0) is 4.74 Å². The molecule has 2 atom stereocenters. The summed E-state index contributed by atoms with van der Waals surface area (Å²) in [5.74, 6) is 2.79. The van der Waals surface area contributed by atoms with E-state index >= 15 is 0 Å². The minimum Gasteiger partial charge on any atom is -0.390 e. The molecule has 2 aliphatic rings. The Morgan fingerprint density at radius 2 is 1.90 bits per heavy atom. The summed E-state index contributed by atoms with van der Waals surface area (Å²) in [7, 11) is 0. The maximum absolute atomic E-state index is 10.9. The summed E-state index contributed by atoms with van der Waals surface area (Å²) in [6, 6.07) is 0. The molecule has 0 aromatic rings. The van der Waals surface area contributed by atoms with Crippen molar-refractivity contribution in [3.8, 4) is 0 Å². The molecular weight excluding hydrogens is 282 g/mol. The lowest BCUT2D eigenvalue weighted by atomic mass is 9.73. The molecule has 0 amide bonds. The zero-order chi connectivity index (χ0) is 15.6. The molecule has 4 heteroatoms. The van der Waals surface area contributed by atoms with Gasteiger partial charge in [0, 0.05) is 12.1 Å². The van der Waals surface area contributed by atoms with Crippen molar-refractivity contribution < 1.29 is 9.84 Å². The van der Waals surface area contributed by atoms with Crippen LogP contribution in [0.5, 0.6) is 0 Å². The van der Waals surface area contributed by atoms with Crippen molar-refractivity contribution in [1.82, 2.24) is 5.32 Å². The smallest absolute Gasteiger partial charge is 0.0702 e. The fraction of sp³-hybridized carbons (Fsp3) is 1.00. The molecule has 2 N–H and O–H groups in total. The van der Waals surface area contributed by atoms with E-state index in [2.05, 4.69) is 26.1 Å². The third kappa shape index (κ3) is 5.12. The van der Waals surface area contributed by atoms with Crippen LogP contribution in [0.25, 0.3) is 0 Å². The van der Waals surface area contributed by atoms with Gasteiger partial charge in [0.2, 0.25) is 0 Å². The van der Waals surface area contributed by atoms with Gasteiger partial charge in [-0.05, 0) is 83.8 Å². The predicted molar refractivity (Wildman–Crippen MR) is 91.0 cm³/mol. The number of nitrogens with one attached hydrogen (secondary N) is 1. The predicted octanol–water partition coefficient (Wildman–Crippen LogP) is 3.21. The summed E-state index contributed by atoms with van der Waals surface area (Å²) in [6.07, 6.45) is 5.17. The molecule has 3 nitrogen and oxygen atoms in total. The number of ether oxygens (including phenoxy) is 1. The molecule has 21 heavy (non-hydrogen) atoms. The van der Waals surface area contributed by atoms with Crippen molar-refractivity contribution in [2.24, 2.45) is 5.92 Å². The Bertz CT molecular complexity index is 327. The van der Waals surface area contributed by atoms with Crippen LogP contribution in [0.3, 0.4) is 0 Å². The standard InChI is InChI=1S/C17H33NO2S/c1-15(2,3)18-9-6-16(4,19)14-5-10-20-17(13-14)7-11-21-12-8-17/h14,18-19H,5-13H2,1-4H3. The lowest BCUT2D eigenvalue weighted by molar-refractivity contribution is -0.143. The van der Waals surface area contributed by atoms with E-state index in [9.17, 15) is 5.11 Å². The molecule has 0 aromatic heterocycles. The van der Waals surface area contributed by atoms with Gasteiger partial charge in [0.1, 0.15) is 0 Å². The average molecular weight is 316 g/mol. The summed E-state index contributed by atoms with van der Waals surface area (Å²) in [5, 5.41) is 14.4. The van der Waals surface area contributed by atoms with Gasteiger partial charge < -0.3 is 15.2 Å². The van der Waals surface area contributed by atoms with Crippen molar-refractivity contribution in [3.05, 3.63) is 0 Å². The molecule has 0 aromatic carbocycles. The molecule has 0 saturated carbocycles. The van der Waals surface area contributed by atoms with Gasteiger partial charge in [0.05, 0.1) is 11.2 Å². The second-order valence-electron chi connectivity index (χ2n) is 8.12. The number of aliphatic hydroxyl groups is 1. The van der Waals surface area contributed by atoms with Gasteiger partial charge in [-0.1, -0.05) is 0 Å². The minimum atomic E-state index is -0.584. The van der Waals surface area contributed by atoms with Crippen molar-refractivity contribution in [1.29, 1.82) is 0 Å². The van der Waals surface area contributed by atoms with Gasteiger partial charge in [-0.25, -0.2) is 0 Å². The minimum absolute atomic E-state index is 0.0651. The Labute approximate surface area is 134 Å². The van der Waals surface area contributed by atoms with Gasteiger partial charge >= 0.3 is 0 Å². The highest BCUT2D eigenvalue weighted by Gasteiger charge is 2.44. The topological polar surface area (TPSA) is 41.5 Å². The lowest BCUT2D eigenvalue weighted by Crippen LogP contribution is -2.50. The van der Waals surface area contributed by atoms with Crippen LogP contribution in [0.2, 0.25) is 0 Å². The number of rotatable bonds is 4. The Hall–Kier alpha value is 0.230. The fourth-order valence-corrected chi connectivity index (χ4v) is 4.78. The first-order chi connectivity index (χ1) is 9.73. The summed E-state index contributed by atoms with van der Waals surface area (Å²) < 4.78 is 6.15. The maximum atomic E-state index is 10.9. The van der Waals surface area contributed by atoms with Crippen LogP contribution in [0.4, 0.5) is 0 Å². The van der Waals surface area contributed by atoms with E-state index in [0.29, 0.717) is 5.92 Å². The SMILES string of the molecule is CC(C)(C)NCCC(C)(O)C1CCOC2(CCSCC2)C1. The summed E-state index contributed by atoms with van der Waals surface area (Å²) in [4.78, 5) is 0. The molecule has 0 aliphatic carbocycles. The van der Waals surface area contributed by atoms with Crippen LogP contribution in [0.15, 0.2) is 0 Å². The summed E-state index contributed by atoms with van der Waals surface area (Å²) in [6.45, 7) is 10.2. The van der Waals surface area contributed by atoms with E-state index < -0.39 is 5.60 Å². The normalized spacial score (nSPS) is 29.3. The average Bonchev–Trinajstić information content (AvgIpc) is 2.38. The largest absolute Gasteiger partial charge is 0.390 e. The van der Waals surface area contributed by atoms with Crippen molar-refractivity contribution in [3.63, 3.8) is 0 Å². The molecule has 0 bridgehead atoms. The number of hydrogen-bond acceptors (Lipinski definition) is 4. The molecular formula is C17H33NO2S. The molecule has 2 rings (SSSR count). The third-order valence-corrected chi connectivity index (χ3v) is 6.05. The molecule has 2 heterocycles. The highest BCUT2D eigenvalue weighted by molar-refractivity contribution is 7.99. The van der Waals surface area contributed by atoms with Gasteiger partial charge in [0.25, 0.3) is 0 Å². The van der Waals surface area contributed by atoms with Gasteiger partial charge in [-0.15, -0.1) is 0 Å². The molecule has 2 saturated heterocycles. The monoisotopic (exact) mass is 315 g/mol. The van der Waals surface area contributed by atoms with E-state index in [1.165, 1.54) is 11.5 Å². The van der Waals surface area contributed by atoms with Crippen LogP contribution in [0.1, 0.15) is 59.8 Å². The van der Waals surface area contributed by atoms with E-state index in [0.717, 1.165) is 45.3 Å². The molecule has 124 valence electrons. The first-order valence-corrected chi connectivity index (χ1v) is 9.57. The van der Waals surface area contributed by atoms with Crippen LogP contribution in [0, 0.1) is 5.92 Å². The second kappa shape index (κ2) is 6.77. The van der Waals surface area contributed by atoms with E-state index in [1.54, 1.807) is 0 Å². The third-order valence-electron chi connectivity index (χ3n) is 5.06. The molecule has 2 unspecified atom stereocenters. The number of thioether (sulfide) groups is 1. The van der Waals surface area contributed by atoms with E-state index in [-0.39, 0.29) is 11.1 Å². The fourth-order valence-electron chi connectivity index (χ4n) is 3.55. The summed E-state index contributed by atoms with van der Waals surface area (Å²) in [5.41, 5.74) is -0.400. The molecule has 1 spiro atoms. The van der Waals surface area contributed by atoms with E-state index in [1.807, 2.05) is 18.7 Å². The first kappa shape index (κ1) is 17.6. The number of hydrogen-bond donors (Lipinski definition) is 2.